The maximum absolute atomic E-state index is 9.37. The first-order chi connectivity index (χ1) is 5.31. The molecular weight excluding hydrogens is 138 g/mol. The molecule has 0 aliphatic carbocycles. The standard InChI is InChI=1S/C9H21NO/c1-2-3-6-9(11)7-4-5-8-10/h9,11H,2-8,10H2,1H3. The van der Waals surface area contributed by atoms with Gasteiger partial charge < -0.3 is 10.8 Å². The summed E-state index contributed by atoms with van der Waals surface area (Å²) in [7, 11) is 0. The Kier molecular flexibility index (Phi) is 7.96. The van der Waals surface area contributed by atoms with Crippen LogP contribution >= 0.6 is 0 Å². The lowest BCUT2D eigenvalue weighted by atomic mass is 10.1. The molecule has 0 fully saturated rings. The van der Waals surface area contributed by atoms with E-state index in [9.17, 15) is 5.11 Å². The van der Waals surface area contributed by atoms with Crippen LogP contribution < -0.4 is 5.73 Å². The van der Waals surface area contributed by atoms with Crippen LogP contribution in [0.25, 0.3) is 0 Å². The molecule has 0 saturated carbocycles. The van der Waals surface area contributed by atoms with E-state index in [-0.39, 0.29) is 6.10 Å². The van der Waals surface area contributed by atoms with Crippen LogP contribution in [0, 0.1) is 0 Å². The molecule has 1 unspecified atom stereocenters. The molecule has 0 bridgehead atoms. The lowest BCUT2D eigenvalue weighted by molar-refractivity contribution is 0.148. The molecule has 2 heteroatoms. The first-order valence-corrected chi connectivity index (χ1v) is 4.69. The van der Waals surface area contributed by atoms with E-state index >= 15 is 0 Å². The Balaban J connectivity index is 3.02. The first-order valence-electron chi connectivity index (χ1n) is 4.69. The summed E-state index contributed by atoms with van der Waals surface area (Å²) in [6.45, 7) is 2.90. The number of rotatable bonds is 7. The molecule has 11 heavy (non-hydrogen) atoms. The zero-order chi connectivity index (χ0) is 8.53. The molecule has 1 atom stereocenters. The Morgan fingerprint density at radius 3 is 2.36 bits per heavy atom. The maximum Gasteiger partial charge on any atom is 0.0540 e. The molecule has 0 aromatic carbocycles. The second-order valence-electron chi connectivity index (χ2n) is 3.08. The molecule has 0 aliphatic rings. The predicted molar refractivity (Wildman–Crippen MR) is 48.4 cm³/mol. The third-order valence-electron chi connectivity index (χ3n) is 1.88. The maximum atomic E-state index is 9.37. The second-order valence-corrected chi connectivity index (χ2v) is 3.08. The van der Waals surface area contributed by atoms with Crippen LogP contribution in [0.15, 0.2) is 0 Å². The van der Waals surface area contributed by atoms with Gasteiger partial charge in [0.2, 0.25) is 0 Å². The lowest BCUT2D eigenvalue weighted by Crippen LogP contribution is -2.07. The van der Waals surface area contributed by atoms with E-state index in [1.54, 1.807) is 0 Å². The van der Waals surface area contributed by atoms with Crippen LogP contribution in [-0.2, 0) is 0 Å². The number of aliphatic hydroxyl groups excluding tert-OH is 1. The van der Waals surface area contributed by atoms with Gasteiger partial charge in [0.05, 0.1) is 6.10 Å². The molecule has 0 aliphatic heterocycles. The monoisotopic (exact) mass is 159 g/mol. The molecular formula is C9H21NO. The van der Waals surface area contributed by atoms with Gasteiger partial charge in [0.25, 0.3) is 0 Å². The Labute approximate surface area is 69.8 Å². The zero-order valence-corrected chi connectivity index (χ0v) is 7.55. The molecule has 0 aromatic rings. The van der Waals surface area contributed by atoms with Crippen molar-refractivity contribution in [2.24, 2.45) is 5.73 Å². The van der Waals surface area contributed by atoms with Gasteiger partial charge in [-0.05, 0) is 32.2 Å². The highest BCUT2D eigenvalue weighted by atomic mass is 16.3. The van der Waals surface area contributed by atoms with Crippen molar-refractivity contribution in [1.29, 1.82) is 0 Å². The van der Waals surface area contributed by atoms with Crippen molar-refractivity contribution in [3.63, 3.8) is 0 Å². The van der Waals surface area contributed by atoms with E-state index in [1.165, 1.54) is 6.42 Å². The van der Waals surface area contributed by atoms with E-state index in [1.807, 2.05) is 0 Å². The van der Waals surface area contributed by atoms with Crippen LogP contribution in [0.5, 0.6) is 0 Å². The topological polar surface area (TPSA) is 46.2 Å². The molecule has 0 rings (SSSR count). The highest BCUT2D eigenvalue weighted by Crippen LogP contribution is 2.07. The van der Waals surface area contributed by atoms with Crippen molar-refractivity contribution in [3.8, 4) is 0 Å². The quantitative estimate of drug-likeness (QED) is 0.555. The average Bonchev–Trinajstić information content (AvgIpc) is 2.01. The van der Waals surface area contributed by atoms with Crippen molar-refractivity contribution < 1.29 is 5.11 Å². The summed E-state index contributed by atoms with van der Waals surface area (Å²) in [5.41, 5.74) is 5.33. The fourth-order valence-electron chi connectivity index (χ4n) is 1.11. The second kappa shape index (κ2) is 8.02. The van der Waals surface area contributed by atoms with Crippen LogP contribution in [0.1, 0.15) is 45.4 Å². The molecule has 2 nitrogen and oxygen atoms in total. The van der Waals surface area contributed by atoms with E-state index in [0.29, 0.717) is 0 Å². The summed E-state index contributed by atoms with van der Waals surface area (Å²) in [6, 6.07) is 0. The molecule has 68 valence electrons. The largest absolute Gasteiger partial charge is 0.393 e. The van der Waals surface area contributed by atoms with Crippen molar-refractivity contribution in [1.82, 2.24) is 0 Å². The van der Waals surface area contributed by atoms with Gasteiger partial charge in [-0.15, -0.1) is 0 Å². The minimum Gasteiger partial charge on any atom is -0.393 e. The molecule has 0 aromatic heterocycles. The number of hydrogen-bond donors (Lipinski definition) is 2. The Morgan fingerprint density at radius 1 is 1.18 bits per heavy atom. The van der Waals surface area contributed by atoms with Gasteiger partial charge in [-0.2, -0.15) is 0 Å². The summed E-state index contributed by atoms with van der Waals surface area (Å²) < 4.78 is 0. The van der Waals surface area contributed by atoms with Gasteiger partial charge in [-0.1, -0.05) is 19.8 Å². The van der Waals surface area contributed by atoms with Crippen LogP contribution in [-0.4, -0.2) is 17.8 Å². The molecule has 0 amide bonds. The van der Waals surface area contributed by atoms with E-state index < -0.39 is 0 Å². The van der Waals surface area contributed by atoms with Crippen molar-refractivity contribution in [3.05, 3.63) is 0 Å². The average molecular weight is 159 g/mol. The number of aliphatic hydroxyl groups is 1. The lowest BCUT2D eigenvalue weighted by Gasteiger charge is -2.08. The molecule has 0 radical (unpaired) electrons. The fraction of sp³-hybridized carbons (Fsp3) is 1.00. The normalized spacial score (nSPS) is 13.4. The smallest absolute Gasteiger partial charge is 0.0540 e. The van der Waals surface area contributed by atoms with Gasteiger partial charge in [0.15, 0.2) is 0 Å². The highest BCUT2D eigenvalue weighted by Gasteiger charge is 2.01. The number of hydrogen-bond acceptors (Lipinski definition) is 2. The van der Waals surface area contributed by atoms with Crippen molar-refractivity contribution >= 4 is 0 Å². The van der Waals surface area contributed by atoms with Gasteiger partial charge in [-0.25, -0.2) is 0 Å². The van der Waals surface area contributed by atoms with Gasteiger partial charge in [-0.3, -0.25) is 0 Å². The molecule has 0 saturated heterocycles. The van der Waals surface area contributed by atoms with E-state index in [4.69, 9.17) is 5.73 Å². The van der Waals surface area contributed by atoms with Crippen molar-refractivity contribution in [2.75, 3.05) is 6.54 Å². The summed E-state index contributed by atoms with van der Waals surface area (Å²) in [4.78, 5) is 0. The minimum absolute atomic E-state index is 0.0819. The zero-order valence-electron chi connectivity index (χ0n) is 7.55. The Hall–Kier alpha value is -0.0800. The summed E-state index contributed by atoms with van der Waals surface area (Å²) >= 11 is 0. The summed E-state index contributed by atoms with van der Waals surface area (Å²) in [6.07, 6.45) is 6.24. The molecule has 0 spiro atoms. The van der Waals surface area contributed by atoms with Crippen LogP contribution in [0.2, 0.25) is 0 Å². The fourth-order valence-corrected chi connectivity index (χ4v) is 1.11. The van der Waals surface area contributed by atoms with Crippen LogP contribution in [0.3, 0.4) is 0 Å². The third-order valence-corrected chi connectivity index (χ3v) is 1.88. The summed E-state index contributed by atoms with van der Waals surface area (Å²) in [5.74, 6) is 0. The highest BCUT2D eigenvalue weighted by molar-refractivity contribution is 4.55. The molecule has 0 heterocycles. The number of unbranched alkanes of at least 4 members (excludes halogenated alkanes) is 2. The third kappa shape index (κ3) is 7.82. The predicted octanol–water partition coefficient (Wildman–Crippen LogP) is 1.67. The Bertz CT molecular complexity index is 76.0. The molecule has 3 N–H and O–H groups in total. The van der Waals surface area contributed by atoms with Gasteiger partial charge >= 0.3 is 0 Å². The van der Waals surface area contributed by atoms with E-state index in [2.05, 4.69) is 6.92 Å². The minimum atomic E-state index is -0.0819. The van der Waals surface area contributed by atoms with Gasteiger partial charge in [0.1, 0.15) is 0 Å². The van der Waals surface area contributed by atoms with Crippen molar-refractivity contribution in [2.45, 2.75) is 51.6 Å². The SMILES string of the molecule is CCCCC(O)CCCCN. The van der Waals surface area contributed by atoms with E-state index in [0.717, 1.165) is 38.6 Å². The summed E-state index contributed by atoms with van der Waals surface area (Å²) in [5, 5.41) is 9.37. The Morgan fingerprint density at radius 2 is 1.82 bits per heavy atom. The first kappa shape index (κ1) is 10.9. The van der Waals surface area contributed by atoms with Crippen LogP contribution in [0.4, 0.5) is 0 Å². The van der Waals surface area contributed by atoms with Gasteiger partial charge in [0, 0.05) is 0 Å². The number of nitrogens with two attached hydrogens (primary N) is 1.